The molecule has 0 bridgehead atoms. The highest BCUT2D eigenvalue weighted by molar-refractivity contribution is 7.99. The zero-order valence-electron chi connectivity index (χ0n) is 13.7. The third-order valence-corrected chi connectivity index (χ3v) is 5.03. The third kappa shape index (κ3) is 3.75. The van der Waals surface area contributed by atoms with Crippen LogP contribution in [0.15, 0.2) is 29.4 Å². The SMILES string of the molecule is Cc1ccc(-n2c(C)nnc2SCC(=O)N2CCCCC2)cc1. The first-order valence-corrected chi connectivity index (χ1v) is 9.03. The molecule has 3 rings (SSSR count). The second-order valence-corrected chi connectivity index (χ2v) is 6.87. The van der Waals surface area contributed by atoms with Gasteiger partial charge in [0, 0.05) is 18.8 Å². The van der Waals surface area contributed by atoms with Crippen LogP contribution in [-0.2, 0) is 4.79 Å². The molecular formula is C17H22N4OS. The predicted octanol–water partition coefficient (Wildman–Crippen LogP) is 2.99. The van der Waals surface area contributed by atoms with Gasteiger partial charge in [0.1, 0.15) is 5.82 Å². The van der Waals surface area contributed by atoms with E-state index in [-0.39, 0.29) is 5.91 Å². The average Bonchev–Trinajstić information content (AvgIpc) is 2.95. The number of amides is 1. The molecule has 122 valence electrons. The molecule has 5 nitrogen and oxygen atoms in total. The molecule has 1 amide bonds. The largest absolute Gasteiger partial charge is 0.342 e. The van der Waals surface area contributed by atoms with Gasteiger partial charge in [0.15, 0.2) is 5.16 Å². The van der Waals surface area contributed by atoms with Crippen LogP contribution < -0.4 is 0 Å². The van der Waals surface area contributed by atoms with E-state index in [9.17, 15) is 4.79 Å². The summed E-state index contributed by atoms with van der Waals surface area (Å²) in [4.78, 5) is 14.3. The summed E-state index contributed by atoms with van der Waals surface area (Å²) in [6.45, 7) is 5.78. The number of aromatic nitrogens is 3. The zero-order valence-corrected chi connectivity index (χ0v) is 14.5. The van der Waals surface area contributed by atoms with Crippen molar-refractivity contribution < 1.29 is 4.79 Å². The molecule has 1 fully saturated rings. The van der Waals surface area contributed by atoms with E-state index in [1.54, 1.807) is 0 Å². The normalized spacial score (nSPS) is 15.0. The molecule has 0 aliphatic carbocycles. The maximum absolute atomic E-state index is 12.3. The number of hydrogen-bond acceptors (Lipinski definition) is 4. The number of thioether (sulfide) groups is 1. The van der Waals surface area contributed by atoms with Crippen LogP contribution in [0.3, 0.4) is 0 Å². The van der Waals surface area contributed by atoms with Gasteiger partial charge in [-0.15, -0.1) is 10.2 Å². The van der Waals surface area contributed by atoms with E-state index >= 15 is 0 Å². The van der Waals surface area contributed by atoms with Crippen LogP contribution in [-0.4, -0.2) is 44.4 Å². The van der Waals surface area contributed by atoms with Crippen LogP contribution in [0.5, 0.6) is 0 Å². The predicted molar refractivity (Wildman–Crippen MR) is 92.0 cm³/mol. The molecule has 6 heteroatoms. The molecule has 2 heterocycles. The molecule has 1 aliphatic heterocycles. The molecule has 1 aromatic heterocycles. The first-order valence-electron chi connectivity index (χ1n) is 8.05. The van der Waals surface area contributed by atoms with Gasteiger partial charge in [0.2, 0.25) is 5.91 Å². The fourth-order valence-corrected chi connectivity index (χ4v) is 3.69. The number of carbonyl (C=O) groups excluding carboxylic acids is 1. The van der Waals surface area contributed by atoms with E-state index in [1.165, 1.54) is 23.7 Å². The Labute approximate surface area is 141 Å². The minimum Gasteiger partial charge on any atom is -0.342 e. The molecule has 23 heavy (non-hydrogen) atoms. The van der Waals surface area contributed by atoms with Gasteiger partial charge < -0.3 is 4.90 Å². The summed E-state index contributed by atoms with van der Waals surface area (Å²) in [5.74, 6) is 1.46. The minimum absolute atomic E-state index is 0.200. The number of rotatable bonds is 4. The Morgan fingerprint density at radius 1 is 1.09 bits per heavy atom. The summed E-state index contributed by atoms with van der Waals surface area (Å²) >= 11 is 1.47. The highest BCUT2D eigenvalue weighted by Gasteiger charge is 2.18. The van der Waals surface area contributed by atoms with Gasteiger partial charge in [-0.05, 0) is 45.2 Å². The molecule has 0 unspecified atom stereocenters. The highest BCUT2D eigenvalue weighted by atomic mass is 32.2. The highest BCUT2D eigenvalue weighted by Crippen LogP contribution is 2.23. The maximum Gasteiger partial charge on any atom is 0.233 e. The Hall–Kier alpha value is -1.82. The van der Waals surface area contributed by atoms with E-state index in [2.05, 4.69) is 41.4 Å². The molecule has 0 saturated carbocycles. The number of carbonyl (C=O) groups is 1. The lowest BCUT2D eigenvalue weighted by Gasteiger charge is -2.26. The summed E-state index contributed by atoms with van der Waals surface area (Å²) in [6, 6.07) is 8.26. The van der Waals surface area contributed by atoms with E-state index in [1.807, 2.05) is 16.4 Å². The lowest BCUT2D eigenvalue weighted by Crippen LogP contribution is -2.36. The second-order valence-electron chi connectivity index (χ2n) is 5.93. The fourth-order valence-electron chi connectivity index (χ4n) is 2.79. The van der Waals surface area contributed by atoms with Gasteiger partial charge in [-0.1, -0.05) is 29.5 Å². The molecule has 0 atom stereocenters. The number of likely N-dealkylation sites (tertiary alicyclic amines) is 1. The monoisotopic (exact) mass is 330 g/mol. The van der Waals surface area contributed by atoms with Crippen LogP contribution in [0.2, 0.25) is 0 Å². The van der Waals surface area contributed by atoms with E-state index in [0.717, 1.165) is 42.6 Å². The van der Waals surface area contributed by atoms with Crippen molar-refractivity contribution in [2.45, 2.75) is 38.3 Å². The fraction of sp³-hybridized carbons (Fsp3) is 0.471. The quantitative estimate of drug-likeness (QED) is 0.809. The molecule has 1 saturated heterocycles. The van der Waals surface area contributed by atoms with Crippen molar-refractivity contribution in [3.8, 4) is 5.69 Å². The van der Waals surface area contributed by atoms with Crippen LogP contribution in [0, 0.1) is 13.8 Å². The second kappa shape index (κ2) is 7.17. The van der Waals surface area contributed by atoms with Gasteiger partial charge in [-0.2, -0.15) is 0 Å². The Bertz CT molecular complexity index is 674. The van der Waals surface area contributed by atoms with Crippen molar-refractivity contribution in [2.24, 2.45) is 0 Å². The van der Waals surface area contributed by atoms with Gasteiger partial charge in [0.25, 0.3) is 0 Å². The maximum atomic E-state index is 12.3. The minimum atomic E-state index is 0.200. The number of piperidine rings is 1. The van der Waals surface area contributed by atoms with Gasteiger partial charge in [-0.3, -0.25) is 9.36 Å². The Morgan fingerprint density at radius 3 is 2.48 bits per heavy atom. The standard InChI is InChI=1S/C17H22N4OS/c1-13-6-8-15(9-7-13)21-14(2)18-19-17(21)23-12-16(22)20-10-4-3-5-11-20/h6-9H,3-5,10-12H2,1-2H3. The van der Waals surface area contributed by atoms with Crippen molar-refractivity contribution in [2.75, 3.05) is 18.8 Å². The topological polar surface area (TPSA) is 51.0 Å². The van der Waals surface area contributed by atoms with Gasteiger partial charge >= 0.3 is 0 Å². The van der Waals surface area contributed by atoms with Gasteiger partial charge in [0.05, 0.1) is 5.75 Å². The number of aryl methyl sites for hydroxylation is 2. The van der Waals surface area contributed by atoms with E-state index < -0.39 is 0 Å². The lowest BCUT2D eigenvalue weighted by atomic mass is 10.1. The summed E-state index contributed by atoms with van der Waals surface area (Å²) in [5, 5.41) is 9.18. The molecule has 0 radical (unpaired) electrons. The van der Waals surface area contributed by atoms with Crippen molar-refractivity contribution in [3.63, 3.8) is 0 Å². The van der Waals surface area contributed by atoms with Crippen LogP contribution in [0.25, 0.3) is 5.69 Å². The third-order valence-electron chi connectivity index (χ3n) is 4.12. The van der Waals surface area contributed by atoms with Crippen molar-refractivity contribution in [3.05, 3.63) is 35.7 Å². The number of nitrogens with zero attached hydrogens (tertiary/aromatic N) is 4. The molecule has 0 N–H and O–H groups in total. The molecule has 2 aromatic rings. The van der Waals surface area contributed by atoms with Crippen LogP contribution >= 0.6 is 11.8 Å². The lowest BCUT2D eigenvalue weighted by molar-refractivity contribution is -0.129. The molecule has 1 aliphatic rings. The Kier molecular flexibility index (Phi) is 5.00. The molecular weight excluding hydrogens is 308 g/mol. The summed E-state index contributed by atoms with van der Waals surface area (Å²) < 4.78 is 2.01. The van der Waals surface area contributed by atoms with Crippen molar-refractivity contribution >= 4 is 17.7 Å². The van der Waals surface area contributed by atoms with Crippen molar-refractivity contribution in [1.82, 2.24) is 19.7 Å². The first kappa shape index (κ1) is 16.1. The number of benzene rings is 1. The first-order chi connectivity index (χ1) is 11.1. The molecule has 1 aromatic carbocycles. The van der Waals surface area contributed by atoms with Gasteiger partial charge in [-0.25, -0.2) is 0 Å². The van der Waals surface area contributed by atoms with Crippen molar-refractivity contribution in [1.29, 1.82) is 0 Å². The zero-order chi connectivity index (χ0) is 16.2. The summed E-state index contributed by atoms with van der Waals surface area (Å²) in [7, 11) is 0. The smallest absolute Gasteiger partial charge is 0.233 e. The van der Waals surface area contributed by atoms with Crippen LogP contribution in [0.4, 0.5) is 0 Å². The Balaban J connectivity index is 1.71. The van der Waals surface area contributed by atoms with Crippen LogP contribution in [0.1, 0.15) is 30.7 Å². The van der Waals surface area contributed by atoms with E-state index in [0.29, 0.717) is 5.75 Å². The Morgan fingerprint density at radius 2 is 1.78 bits per heavy atom. The summed E-state index contributed by atoms with van der Waals surface area (Å²) in [5.41, 5.74) is 2.25. The van der Waals surface area contributed by atoms with E-state index in [4.69, 9.17) is 0 Å². The average molecular weight is 330 g/mol. The number of hydrogen-bond donors (Lipinski definition) is 0. The summed E-state index contributed by atoms with van der Waals surface area (Å²) in [6.07, 6.45) is 3.47. The molecule has 0 spiro atoms.